The SMILES string of the molecule is CCC(C)c1ccc(OC2CC(Br)C2(C)CC)cc1. The van der Waals surface area contributed by atoms with Crippen molar-refractivity contribution in [1.29, 1.82) is 0 Å². The van der Waals surface area contributed by atoms with Gasteiger partial charge in [-0.2, -0.15) is 0 Å². The maximum Gasteiger partial charge on any atom is 0.119 e. The molecule has 1 fully saturated rings. The first kappa shape index (κ1) is 14.9. The van der Waals surface area contributed by atoms with Gasteiger partial charge >= 0.3 is 0 Å². The van der Waals surface area contributed by atoms with Gasteiger partial charge in [0.2, 0.25) is 0 Å². The van der Waals surface area contributed by atoms with Crippen molar-refractivity contribution < 1.29 is 4.74 Å². The molecule has 19 heavy (non-hydrogen) atoms. The summed E-state index contributed by atoms with van der Waals surface area (Å²) in [5.74, 6) is 1.64. The fourth-order valence-electron chi connectivity index (χ4n) is 2.67. The Morgan fingerprint density at radius 3 is 2.42 bits per heavy atom. The lowest BCUT2D eigenvalue weighted by molar-refractivity contribution is -0.0243. The van der Waals surface area contributed by atoms with Crippen LogP contribution in [0.1, 0.15) is 58.4 Å². The van der Waals surface area contributed by atoms with E-state index in [1.54, 1.807) is 0 Å². The van der Waals surface area contributed by atoms with Crippen LogP contribution in [0.25, 0.3) is 0 Å². The summed E-state index contributed by atoms with van der Waals surface area (Å²) in [4.78, 5) is 0.592. The van der Waals surface area contributed by atoms with E-state index in [0.717, 1.165) is 18.6 Å². The second kappa shape index (κ2) is 5.87. The van der Waals surface area contributed by atoms with Crippen LogP contribution in [0.3, 0.4) is 0 Å². The molecule has 0 aliphatic heterocycles. The predicted molar refractivity (Wildman–Crippen MR) is 85.3 cm³/mol. The average Bonchev–Trinajstić information content (AvgIpc) is 2.45. The number of benzene rings is 1. The van der Waals surface area contributed by atoms with Crippen molar-refractivity contribution in [2.45, 2.75) is 63.8 Å². The van der Waals surface area contributed by atoms with E-state index in [0.29, 0.717) is 16.8 Å². The van der Waals surface area contributed by atoms with E-state index in [-0.39, 0.29) is 5.41 Å². The molecule has 1 aromatic carbocycles. The molecule has 2 rings (SSSR count). The highest BCUT2D eigenvalue weighted by atomic mass is 79.9. The smallest absolute Gasteiger partial charge is 0.119 e. The Balaban J connectivity index is 2.01. The van der Waals surface area contributed by atoms with Gasteiger partial charge in [0.25, 0.3) is 0 Å². The number of alkyl halides is 1. The molecule has 0 amide bonds. The third-order valence-corrected chi connectivity index (χ3v) is 6.39. The molecule has 106 valence electrons. The van der Waals surface area contributed by atoms with Crippen molar-refractivity contribution in [2.24, 2.45) is 5.41 Å². The Bertz CT molecular complexity index is 414. The van der Waals surface area contributed by atoms with E-state index >= 15 is 0 Å². The molecule has 1 aliphatic carbocycles. The quantitative estimate of drug-likeness (QED) is 0.647. The summed E-state index contributed by atoms with van der Waals surface area (Å²) in [7, 11) is 0. The molecule has 1 aliphatic rings. The summed E-state index contributed by atoms with van der Waals surface area (Å²) >= 11 is 3.76. The highest BCUT2D eigenvalue weighted by Crippen LogP contribution is 2.50. The molecule has 0 bridgehead atoms. The summed E-state index contributed by atoms with van der Waals surface area (Å²) in [6.07, 6.45) is 3.79. The fraction of sp³-hybridized carbons (Fsp3) is 0.647. The molecule has 1 aromatic rings. The van der Waals surface area contributed by atoms with Gasteiger partial charge < -0.3 is 4.74 Å². The van der Waals surface area contributed by atoms with Crippen LogP contribution in [0.2, 0.25) is 0 Å². The summed E-state index contributed by atoms with van der Waals surface area (Å²) in [6.45, 7) is 9.06. The van der Waals surface area contributed by atoms with Crippen molar-refractivity contribution in [1.82, 2.24) is 0 Å². The number of ether oxygens (including phenoxy) is 1. The Morgan fingerprint density at radius 1 is 1.32 bits per heavy atom. The number of hydrogen-bond acceptors (Lipinski definition) is 1. The van der Waals surface area contributed by atoms with Crippen LogP contribution in [0, 0.1) is 5.41 Å². The van der Waals surface area contributed by atoms with Crippen molar-refractivity contribution in [3.05, 3.63) is 29.8 Å². The van der Waals surface area contributed by atoms with Gasteiger partial charge in [-0.05, 0) is 42.9 Å². The van der Waals surface area contributed by atoms with Gasteiger partial charge in [-0.3, -0.25) is 0 Å². The summed E-state index contributed by atoms with van der Waals surface area (Å²) in [5.41, 5.74) is 1.68. The van der Waals surface area contributed by atoms with Gasteiger partial charge in [0.05, 0.1) is 0 Å². The number of hydrogen-bond donors (Lipinski definition) is 0. The minimum atomic E-state index is 0.273. The first-order valence-electron chi connectivity index (χ1n) is 7.42. The van der Waals surface area contributed by atoms with E-state index in [4.69, 9.17) is 4.74 Å². The Labute approximate surface area is 125 Å². The minimum absolute atomic E-state index is 0.273. The molecule has 0 saturated heterocycles. The van der Waals surface area contributed by atoms with Crippen LogP contribution in [-0.4, -0.2) is 10.9 Å². The number of halogens is 1. The molecule has 0 radical (unpaired) electrons. The molecule has 4 unspecified atom stereocenters. The molecule has 0 N–H and O–H groups in total. The predicted octanol–water partition coefficient (Wildman–Crippen LogP) is 5.53. The first-order chi connectivity index (χ1) is 9.01. The second-order valence-electron chi connectivity index (χ2n) is 6.05. The molecule has 0 aromatic heterocycles. The third kappa shape index (κ3) is 2.84. The standard InChI is InChI=1S/C17H25BrO/c1-5-12(3)13-7-9-14(10-8-13)19-16-11-15(18)17(16,4)6-2/h7-10,12,15-16H,5-6,11H2,1-4H3. The van der Waals surface area contributed by atoms with E-state index < -0.39 is 0 Å². The maximum atomic E-state index is 6.17. The highest BCUT2D eigenvalue weighted by molar-refractivity contribution is 9.09. The zero-order valence-electron chi connectivity index (χ0n) is 12.4. The molecule has 0 heterocycles. The lowest BCUT2D eigenvalue weighted by atomic mass is 9.65. The topological polar surface area (TPSA) is 9.23 Å². The van der Waals surface area contributed by atoms with E-state index in [2.05, 4.69) is 67.9 Å². The molecule has 1 nitrogen and oxygen atoms in total. The Kier molecular flexibility index (Phi) is 4.60. The summed E-state index contributed by atoms with van der Waals surface area (Å²) < 4.78 is 6.17. The zero-order chi connectivity index (χ0) is 14.0. The minimum Gasteiger partial charge on any atom is -0.490 e. The van der Waals surface area contributed by atoms with Crippen LogP contribution in [0.4, 0.5) is 0 Å². The van der Waals surface area contributed by atoms with Crippen molar-refractivity contribution in [2.75, 3.05) is 0 Å². The van der Waals surface area contributed by atoms with Crippen molar-refractivity contribution >= 4 is 15.9 Å². The van der Waals surface area contributed by atoms with Gasteiger partial charge in [-0.1, -0.05) is 55.8 Å². The van der Waals surface area contributed by atoms with Crippen LogP contribution < -0.4 is 4.74 Å². The van der Waals surface area contributed by atoms with E-state index in [1.165, 1.54) is 12.0 Å². The Hall–Kier alpha value is -0.500. The zero-order valence-corrected chi connectivity index (χ0v) is 14.0. The third-order valence-electron chi connectivity index (χ3n) is 4.97. The molecular weight excluding hydrogens is 300 g/mol. The van der Waals surface area contributed by atoms with Gasteiger partial charge in [0, 0.05) is 10.2 Å². The molecular formula is C17H25BrO. The van der Waals surface area contributed by atoms with E-state index in [1.807, 2.05) is 0 Å². The van der Waals surface area contributed by atoms with Crippen LogP contribution >= 0.6 is 15.9 Å². The lowest BCUT2D eigenvalue weighted by Gasteiger charge is -2.50. The lowest BCUT2D eigenvalue weighted by Crippen LogP contribution is -2.54. The first-order valence-corrected chi connectivity index (χ1v) is 8.33. The normalized spacial score (nSPS) is 31.6. The molecule has 0 spiro atoms. The van der Waals surface area contributed by atoms with Crippen LogP contribution in [-0.2, 0) is 0 Å². The number of rotatable bonds is 5. The average molecular weight is 325 g/mol. The summed E-state index contributed by atoms with van der Waals surface area (Å²) in [6, 6.07) is 8.66. The fourth-order valence-corrected chi connectivity index (χ4v) is 3.63. The van der Waals surface area contributed by atoms with Gasteiger partial charge in [0.1, 0.15) is 11.9 Å². The van der Waals surface area contributed by atoms with E-state index in [9.17, 15) is 0 Å². The monoisotopic (exact) mass is 324 g/mol. The molecule has 1 saturated carbocycles. The van der Waals surface area contributed by atoms with Crippen LogP contribution in [0.15, 0.2) is 24.3 Å². The van der Waals surface area contributed by atoms with Crippen molar-refractivity contribution in [3.63, 3.8) is 0 Å². The summed E-state index contributed by atoms with van der Waals surface area (Å²) in [5, 5.41) is 0. The van der Waals surface area contributed by atoms with Crippen LogP contribution in [0.5, 0.6) is 5.75 Å². The van der Waals surface area contributed by atoms with Gasteiger partial charge in [-0.15, -0.1) is 0 Å². The second-order valence-corrected chi connectivity index (χ2v) is 7.15. The maximum absolute atomic E-state index is 6.17. The van der Waals surface area contributed by atoms with Gasteiger partial charge in [-0.25, -0.2) is 0 Å². The largest absolute Gasteiger partial charge is 0.490 e. The van der Waals surface area contributed by atoms with Gasteiger partial charge in [0.15, 0.2) is 0 Å². The molecule has 2 heteroatoms. The molecule has 4 atom stereocenters. The Morgan fingerprint density at radius 2 is 1.95 bits per heavy atom. The van der Waals surface area contributed by atoms with Crippen molar-refractivity contribution in [3.8, 4) is 5.75 Å². The highest BCUT2D eigenvalue weighted by Gasteiger charge is 2.50.